The predicted octanol–water partition coefficient (Wildman–Crippen LogP) is 1.72. The molecule has 0 spiro atoms. The number of rotatable bonds is 5. The van der Waals surface area contributed by atoms with Crippen molar-refractivity contribution < 1.29 is 9.47 Å². The van der Waals surface area contributed by atoms with Gasteiger partial charge in [0, 0.05) is 39.8 Å². The van der Waals surface area contributed by atoms with Crippen molar-refractivity contribution in [2.75, 3.05) is 32.1 Å². The first-order valence-electron chi connectivity index (χ1n) is 7.85. The normalized spacial score (nSPS) is 16.4. The molecular formula is C17H24N4O2. The number of anilines is 1. The van der Waals surface area contributed by atoms with Crippen molar-refractivity contribution in [3.63, 3.8) is 0 Å². The number of aryl methyl sites for hydroxylation is 2. The Labute approximate surface area is 137 Å². The summed E-state index contributed by atoms with van der Waals surface area (Å²) in [6, 6.07) is 7.79. The van der Waals surface area contributed by atoms with Crippen LogP contribution in [0.1, 0.15) is 11.3 Å². The van der Waals surface area contributed by atoms with E-state index in [1.165, 1.54) is 5.56 Å². The number of fused-ring (bicyclic) bond motifs is 1. The highest BCUT2D eigenvalue weighted by molar-refractivity contribution is 5.48. The number of para-hydroxylation sites is 2. The van der Waals surface area contributed by atoms with E-state index in [9.17, 15) is 0 Å². The van der Waals surface area contributed by atoms with Gasteiger partial charge in [0.1, 0.15) is 18.5 Å². The number of ether oxygens (including phenoxy) is 2. The Kier molecular flexibility index (Phi) is 4.43. The number of benzene rings is 1. The number of hydrogen-bond donors (Lipinski definition) is 1. The fourth-order valence-electron chi connectivity index (χ4n) is 2.98. The zero-order valence-electron chi connectivity index (χ0n) is 14.2. The van der Waals surface area contributed by atoms with Crippen molar-refractivity contribution in [3.8, 4) is 11.5 Å². The van der Waals surface area contributed by atoms with Crippen LogP contribution in [0.4, 0.5) is 5.82 Å². The summed E-state index contributed by atoms with van der Waals surface area (Å²) in [5.74, 6) is 2.76. The first kappa shape index (κ1) is 15.7. The van der Waals surface area contributed by atoms with Gasteiger partial charge in [-0.1, -0.05) is 12.1 Å². The zero-order chi connectivity index (χ0) is 16.4. The molecule has 0 radical (unpaired) electrons. The molecule has 1 aromatic carbocycles. The minimum Gasteiger partial charge on any atom is -0.486 e. The second kappa shape index (κ2) is 6.50. The van der Waals surface area contributed by atoms with E-state index in [1.807, 2.05) is 57.0 Å². The quantitative estimate of drug-likeness (QED) is 0.910. The molecule has 0 saturated heterocycles. The van der Waals surface area contributed by atoms with Crippen LogP contribution in [0, 0.1) is 6.92 Å². The van der Waals surface area contributed by atoms with Crippen molar-refractivity contribution in [2.45, 2.75) is 19.6 Å². The number of nitrogens with one attached hydrogen (secondary N) is 1. The van der Waals surface area contributed by atoms with Gasteiger partial charge < -0.3 is 19.7 Å². The van der Waals surface area contributed by atoms with Gasteiger partial charge in [-0.25, -0.2) is 0 Å². The predicted molar refractivity (Wildman–Crippen MR) is 90.3 cm³/mol. The summed E-state index contributed by atoms with van der Waals surface area (Å²) >= 11 is 0. The van der Waals surface area contributed by atoms with Gasteiger partial charge in [-0.15, -0.1) is 0 Å². The van der Waals surface area contributed by atoms with Crippen LogP contribution in [0.15, 0.2) is 24.3 Å². The SMILES string of the molecule is Cc1nn(C)c(N(C)C)c1CNC[C@H]1COc2ccccc2O1. The Balaban J connectivity index is 1.59. The maximum absolute atomic E-state index is 5.96. The first-order chi connectivity index (χ1) is 11.1. The van der Waals surface area contributed by atoms with E-state index < -0.39 is 0 Å². The van der Waals surface area contributed by atoms with Crippen LogP contribution in [0.25, 0.3) is 0 Å². The molecular weight excluding hydrogens is 292 g/mol. The summed E-state index contributed by atoms with van der Waals surface area (Å²) < 4.78 is 13.6. The van der Waals surface area contributed by atoms with E-state index in [4.69, 9.17) is 9.47 Å². The lowest BCUT2D eigenvalue weighted by molar-refractivity contribution is 0.0902. The summed E-state index contributed by atoms with van der Waals surface area (Å²) in [4.78, 5) is 2.09. The molecule has 0 bridgehead atoms. The number of nitrogens with zero attached hydrogens (tertiary/aromatic N) is 3. The molecule has 0 unspecified atom stereocenters. The summed E-state index contributed by atoms with van der Waals surface area (Å²) in [5.41, 5.74) is 2.27. The molecule has 2 heterocycles. The van der Waals surface area contributed by atoms with Crippen molar-refractivity contribution in [1.82, 2.24) is 15.1 Å². The topological polar surface area (TPSA) is 51.6 Å². The Bertz CT molecular complexity index is 681. The molecule has 124 valence electrons. The van der Waals surface area contributed by atoms with Gasteiger partial charge >= 0.3 is 0 Å². The molecule has 23 heavy (non-hydrogen) atoms. The molecule has 1 aliphatic rings. The number of aromatic nitrogens is 2. The van der Waals surface area contributed by atoms with E-state index >= 15 is 0 Å². The van der Waals surface area contributed by atoms with Crippen LogP contribution in [0.5, 0.6) is 11.5 Å². The second-order valence-electron chi connectivity index (χ2n) is 6.03. The fraction of sp³-hybridized carbons (Fsp3) is 0.471. The van der Waals surface area contributed by atoms with Crippen LogP contribution in [0.2, 0.25) is 0 Å². The van der Waals surface area contributed by atoms with E-state index in [1.54, 1.807) is 0 Å². The maximum atomic E-state index is 5.96. The van der Waals surface area contributed by atoms with Crippen molar-refractivity contribution in [3.05, 3.63) is 35.5 Å². The highest BCUT2D eigenvalue weighted by atomic mass is 16.6. The van der Waals surface area contributed by atoms with Gasteiger partial charge in [0.15, 0.2) is 11.5 Å². The Morgan fingerprint density at radius 2 is 2.04 bits per heavy atom. The van der Waals surface area contributed by atoms with Crippen molar-refractivity contribution in [1.29, 1.82) is 0 Å². The number of hydrogen-bond acceptors (Lipinski definition) is 5. The maximum Gasteiger partial charge on any atom is 0.161 e. The van der Waals surface area contributed by atoms with Crippen LogP contribution >= 0.6 is 0 Å². The fourth-order valence-corrected chi connectivity index (χ4v) is 2.98. The standard InChI is InChI=1S/C17H24N4O2/c1-12-14(17(20(2)3)21(4)19-12)10-18-9-13-11-22-15-7-5-6-8-16(15)23-13/h5-8,13,18H,9-11H2,1-4H3/t13-/m0/s1. The Morgan fingerprint density at radius 3 is 2.78 bits per heavy atom. The van der Waals surface area contributed by atoms with Crippen LogP contribution in [-0.4, -0.2) is 43.1 Å². The van der Waals surface area contributed by atoms with Crippen molar-refractivity contribution in [2.24, 2.45) is 7.05 Å². The van der Waals surface area contributed by atoms with E-state index in [0.29, 0.717) is 6.61 Å². The molecule has 0 amide bonds. The monoisotopic (exact) mass is 316 g/mol. The Morgan fingerprint density at radius 1 is 1.30 bits per heavy atom. The van der Waals surface area contributed by atoms with Crippen molar-refractivity contribution >= 4 is 5.82 Å². The summed E-state index contributed by atoms with van der Waals surface area (Å²) in [6.07, 6.45) is 0.0182. The molecule has 1 N–H and O–H groups in total. The molecule has 0 saturated carbocycles. The lowest BCUT2D eigenvalue weighted by Crippen LogP contribution is -2.38. The molecule has 0 fully saturated rings. The third-order valence-corrected chi connectivity index (χ3v) is 3.98. The molecule has 1 aromatic heterocycles. The first-order valence-corrected chi connectivity index (χ1v) is 7.85. The minimum absolute atomic E-state index is 0.0182. The molecule has 6 nitrogen and oxygen atoms in total. The average molecular weight is 316 g/mol. The molecule has 0 aliphatic carbocycles. The molecule has 1 aliphatic heterocycles. The summed E-state index contributed by atoms with van der Waals surface area (Å²) in [6.45, 7) is 4.10. The van der Waals surface area contributed by atoms with Gasteiger partial charge in [0.25, 0.3) is 0 Å². The van der Waals surface area contributed by atoms with Crippen LogP contribution < -0.4 is 19.7 Å². The molecule has 1 atom stereocenters. The molecule has 6 heteroatoms. The van der Waals surface area contributed by atoms with Crippen LogP contribution in [0.3, 0.4) is 0 Å². The summed E-state index contributed by atoms with van der Waals surface area (Å²) in [5, 5.41) is 7.97. The van der Waals surface area contributed by atoms with Gasteiger partial charge in [-0.05, 0) is 19.1 Å². The van der Waals surface area contributed by atoms with E-state index in [0.717, 1.165) is 36.1 Å². The van der Waals surface area contributed by atoms with Gasteiger partial charge in [-0.2, -0.15) is 5.10 Å². The van der Waals surface area contributed by atoms with Gasteiger partial charge in [0.05, 0.1) is 5.69 Å². The smallest absolute Gasteiger partial charge is 0.161 e. The van der Waals surface area contributed by atoms with Crippen LogP contribution in [-0.2, 0) is 13.6 Å². The highest BCUT2D eigenvalue weighted by Gasteiger charge is 2.21. The van der Waals surface area contributed by atoms with Gasteiger partial charge in [-0.3, -0.25) is 4.68 Å². The van der Waals surface area contributed by atoms with E-state index in [2.05, 4.69) is 15.3 Å². The zero-order valence-corrected chi connectivity index (χ0v) is 14.2. The highest BCUT2D eigenvalue weighted by Crippen LogP contribution is 2.30. The third kappa shape index (κ3) is 3.27. The lowest BCUT2D eigenvalue weighted by Gasteiger charge is -2.26. The Hall–Kier alpha value is -2.21. The summed E-state index contributed by atoms with van der Waals surface area (Å²) in [7, 11) is 6.05. The molecule has 2 aromatic rings. The average Bonchev–Trinajstić information content (AvgIpc) is 2.81. The molecule has 3 rings (SSSR count). The lowest BCUT2D eigenvalue weighted by atomic mass is 10.2. The second-order valence-corrected chi connectivity index (χ2v) is 6.03. The third-order valence-electron chi connectivity index (χ3n) is 3.98. The van der Waals surface area contributed by atoms with Gasteiger partial charge in [0.2, 0.25) is 0 Å². The minimum atomic E-state index is 0.0182. The van der Waals surface area contributed by atoms with E-state index in [-0.39, 0.29) is 6.10 Å². The largest absolute Gasteiger partial charge is 0.486 e.